The summed E-state index contributed by atoms with van der Waals surface area (Å²) in [4.78, 5) is 10.8. The van der Waals surface area contributed by atoms with Crippen molar-refractivity contribution in [2.24, 2.45) is 11.7 Å². The molecule has 0 atom stereocenters. The Balaban J connectivity index is 4.50. The average Bonchev–Trinajstić information content (AvgIpc) is 2.01. The summed E-state index contributed by atoms with van der Waals surface area (Å²) in [7, 11) is 0. The SMILES string of the molecule is C=CCC(CC=C)C(C)(C)NC(N)=O. The molecule has 0 saturated carbocycles. The molecule has 0 aliphatic carbocycles. The van der Waals surface area contributed by atoms with Crippen LogP contribution in [0.3, 0.4) is 0 Å². The molecular formula is C11H20N2O. The molecule has 0 radical (unpaired) electrons. The van der Waals surface area contributed by atoms with Gasteiger partial charge in [0.05, 0.1) is 0 Å². The molecule has 0 rings (SSSR count). The zero-order valence-corrected chi connectivity index (χ0v) is 9.05. The minimum absolute atomic E-state index is 0.282. The van der Waals surface area contributed by atoms with Gasteiger partial charge in [-0.25, -0.2) is 4.79 Å². The third-order valence-corrected chi connectivity index (χ3v) is 2.37. The number of carbonyl (C=O) groups is 1. The number of nitrogens with two attached hydrogens (primary N) is 1. The molecule has 3 N–H and O–H groups in total. The third-order valence-electron chi connectivity index (χ3n) is 2.37. The summed E-state index contributed by atoms with van der Waals surface area (Å²) in [6, 6.07) is -0.492. The average molecular weight is 196 g/mol. The van der Waals surface area contributed by atoms with Gasteiger partial charge in [-0.05, 0) is 32.6 Å². The van der Waals surface area contributed by atoms with E-state index in [9.17, 15) is 4.79 Å². The van der Waals surface area contributed by atoms with Gasteiger partial charge in [0, 0.05) is 5.54 Å². The summed E-state index contributed by atoms with van der Waals surface area (Å²) in [6.45, 7) is 11.3. The van der Waals surface area contributed by atoms with Crippen LogP contribution in [-0.4, -0.2) is 11.6 Å². The Morgan fingerprint density at radius 3 is 2.14 bits per heavy atom. The van der Waals surface area contributed by atoms with Gasteiger partial charge >= 0.3 is 6.03 Å². The predicted octanol–water partition coefficient (Wildman–Crippen LogP) is 2.20. The minimum atomic E-state index is -0.492. The molecule has 0 aromatic carbocycles. The van der Waals surface area contributed by atoms with Crippen molar-refractivity contribution in [3.63, 3.8) is 0 Å². The van der Waals surface area contributed by atoms with E-state index in [-0.39, 0.29) is 11.5 Å². The van der Waals surface area contributed by atoms with E-state index in [1.807, 2.05) is 26.0 Å². The molecule has 3 heteroatoms. The highest BCUT2D eigenvalue weighted by Gasteiger charge is 2.28. The van der Waals surface area contributed by atoms with Crippen molar-refractivity contribution in [1.82, 2.24) is 5.32 Å². The van der Waals surface area contributed by atoms with Crippen LogP contribution in [0.2, 0.25) is 0 Å². The molecule has 0 bridgehead atoms. The Kier molecular flexibility index (Phi) is 4.99. The van der Waals surface area contributed by atoms with Gasteiger partial charge in [-0.2, -0.15) is 0 Å². The monoisotopic (exact) mass is 196 g/mol. The summed E-state index contributed by atoms with van der Waals surface area (Å²) in [5, 5.41) is 2.73. The first-order valence-electron chi connectivity index (χ1n) is 4.73. The maximum atomic E-state index is 10.8. The fourth-order valence-electron chi connectivity index (χ4n) is 1.51. The van der Waals surface area contributed by atoms with Gasteiger partial charge in [0.1, 0.15) is 0 Å². The van der Waals surface area contributed by atoms with E-state index in [1.54, 1.807) is 0 Å². The molecule has 0 aromatic heterocycles. The van der Waals surface area contributed by atoms with E-state index >= 15 is 0 Å². The van der Waals surface area contributed by atoms with Gasteiger partial charge in [0.2, 0.25) is 0 Å². The van der Waals surface area contributed by atoms with Gasteiger partial charge in [-0.3, -0.25) is 0 Å². The molecule has 0 fully saturated rings. The molecule has 0 aromatic rings. The van der Waals surface area contributed by atoms with Crippen LogP contribution in [-0.2, 0) is 0 Å². The first-order chi connectivity index (χ1) is 6.44. The Morgan fingerprint density at radius 2 is 1.86 bits per heavy atom. The molecular weight excluding hydrogens is 176 g/mol. The highest BCUT2D eigenvalue weighted by molar-refractivity contribution is 5.72. The van der Waals surface area contributed by atoms with Gasteiger partial charge in [-0.15, -0.1) is 13.2 Å². The third kappa shape index (κ3) is 4.12. The van der Waals surface area contributed by atoms with Crippen molar-refractivity contribution >= 4 is 6.03 Å². The molecule has 0 spiro atoms. The summed E-state index contributed by atoms with van der Waals surface area (Å²) in [6.07, 6.45) is 5.36. The van der Waals surface area contributed by atoms with Crippen LogP contribution < -0.4 is 11.1 Å². The Labute approximate surface area is 86.1 Å². The van der Waals surface area contributed by atoms with Gasteiger partial charge in [0.25, 0.3) is 0 Å². The summed E-state index contributed by atoms with van der Waals surface area (Å²) in [5.74, 6) is 0.282. The second-order valence-corrected chi connectivity index (χ2v) is 3.96. The standard InChI is InChI=1S/C11H20N2O/c1-5-7-9(8-6-2)11(3,4)13-10(12)14/h5-6,9H,1-2,7-8H2,3-4H3,(H3,12,13,14). The summed E-state index contributed by atoms with van der Waals surface area (Å²) >= 11 is 0. The van der Waals surface area contributed by atoms with Crippen LogP contribution in [0, 0.1) is 5.92 Å². The van der Waals surface area contributed by atoms with E-state index in [2.05, 4.69) is 18.5 Å². The molecule has 14 heavy (non-hydrogen) atoms. The van der Waals surface area contributed by atoms with Crippen molar-refractivity contribution in [2.75, 3.05) is 0 Å². The molecule has 0 heterocycles. The number of allylic oxidation sites excluding steroid dienone is 2. The fourth-order valence-corrected chi connectivity index (χ4v) is 1.51. The van der Waals surface area contributed by atoms with E-state index in [0.29, 0.717) is 0 Å². The van der Waals surface area contributed by atoms with Crippen LogP contribution in [0.4, 0.5) is 4.79 Å². The van der Waals surface area contributed by atoms with Gasteiger partial charge in [0.15, 0.2) is 0 Å². The van der Waals surface area contributed by atoms with E-state index in [0.717, 1.165) is 12.8 Å². The van der Waals surface area contributed by atoms with Crippen LogP contribution in [0.25, 0.3) is 0 Å². The predicted molar refractivity (Wildman–Crippen MR) is 59.9 cm³/mol. The van der Waals surface area contributed by atoms with Crippen molar-refractivity contribution in [2.45, 2.75) is 32.2 Å². The molecule has 0 saturated heterocycles. The number of hydrogen-bond acceptors (Lipinski definition) is 1. The van der Waals surface area contributed by atoms with Crippen molar-refractivity contribution in [1.29, 1.82) is 0 Å². The molecule has 0 unspecified atom stereocenters. The van der Waals surface area contributed by atoms with E-state index in [4.69, 9.17) is 5.73 Å². The lowest BCUT2D eigenvalue weighted by atomic mass is 9.82. The first kappa shape index (κ1) is 12.8. The van der Waals surface area contributed by atoms with Crippen LogP contribution >= 0.6 is 0 Å². The second kappa shape index (κ2) is 5.47. The maximum absolute atomic E-state index is 10.8. The Bertz CT molecular complexity index is 211. The summed E-state index contributed by atoms with van der Waals surface area (Å²) < 4.78 is 0. The number of nitrogens with one attached hydrogen (secondary N) is 1. The topological polar surface area (TPSA) is 55.1 Å². The van der Waals surface area contributed by atoms with Crippen molar-refractivity contribution in [3.05, 3.63) is 25.3 Å². The van der Waals surface area contributed by atoms with Gasteiger partial charge < -0.3 is 11.1 Å². The highest BCUT2D eigenvalue weighted by Crippen LogP contribution is 2.24. The normalized spacial score (nSPS) is 11.1. The zero-order chi connectivity index (χ0) is 11.2. The number of primary amides is 1. The molecule has 0 aliphatic rings. The van der Waals surface area contributed by atoms with E-state index in [1.165, 1.54) is 0 Å². The van der Waals surface area contributed by atoms with Crippen LogP contribution in [0.5, 0.6) is 0 Å². The molecule has 3 nitrogen and oxygen atoms in total. The van der Waals surface area contributed by atoms with Crippen molar-refractivity contribution < 1.29 is 4.79 Å². The molecule has 0 aliphatic heterocycles. The smallest absolute Gasteiger partial charge is 0.312 e. The first-order valence-corrected chi connectivity index (χ1v) is 4.73. The lowest BCUT2D eigenvalue weighted by Gasteiger charge is -2.33. The lowest BCUT2D eigenvalue weighted by molar-refractivity contribution is 0.218. The second-order valence-electron chi connectivity index (χ2n) is 3.96. The molecule has 80 valence electrons. The van der Waals surface area contributed by atoms with Gasteiger partial charge in [-0.1, -0.05) is 12.2 Å². The Hall–Kier alpha value is -1.25. The van der Waals surface area contributed by atoms with Crippen molar-refractivity contribution in [3.8, 4) is 0 Å². The number of carbonyl (C=O) groups excluding carboxylic acids is 1. The maximum Gasteiger partial charge on any atom is 0.312 e. The quantitative estimate of drug-likeness (QED) is 0.629. The van der Waals surface area contributed by atoms with Crippen LogP contribution in [0.1, 0.15) is 26.7 Å². The number of urea groups is 1. The molecule has 2 amide bonds. The fraction of sp³-hybridized carbons (Fsp3) is 0.545. The highest BCUT2D eigenvalue weighted by atomic mass is 16.2. The lowest BCUT2D eigenvalue weighted by Crippen LogP contribution is -2.51. The largest absolute Gasteiger partial charge is 0.352 e. The summed E-state index contributed by atoms with van der Waals surface area (Å²) in [5.41, 5.74) is 4.78. The zero-order valence-electron chi connectivity index (χ0n) is 9.05. The Morgan fingerprint density at radius 1 is 1.43 bits per heavy atom. The van der Waals surface area contributed by atoms with Crippen LogP contribution in [0.15, 0.2) is 25.3 Å². The van der Waals surface area contributed by atoms with E-state index < -0.39 is 6.03 Å². The number of rotatable bonds is 6. The minimum Gasteiger partial charge on any atom is -0.352 e. The number of hydrogen-bond donors (Lipinski definition) is 2. The number of amides is 2.